The fourth-order valence-corrected chi connectivity index (χ4v) is 2.21. The topological polar surface area (TPSA) is 46.3 Å². The summed E-state index contributed by atoms with van der Waals surface area (Å²) in [6.45, 7) is 1.36. The molecular weight excluding hydrogens is 291 g/mol. The fraction of sp³-hybridized carbons (Fsp3) is 0.364. The molecule has 1 heterocycles. The van der Waals surface area contributed by atoms with Crippen molar-refractivity contribution in [2.45, 2.75) is 12.5 Å². The fourth-order valence-electron chi connectivity index (χ4n) is 1.78. The highest BCUT2D eigenvalue weighted by atomic mass is 79.9. The van der Waals surface area contributed by atoms with Gasteiger partial charge in [0.05, 0.1) is 5.02 Å². The first kappa shape index (κ1) is 11.9. The highest BCUT2D eigenvalue weighted by molar-refractivity contribution is 9.10. The van der Waals surface area contributed by atoms with E-state index in [-0.39, 0.29) is 11.9 Å². The molecule has 1 aromatic rings. The minimum atomic E-state index is 0.00218. The van der Waals surface area contributed by atoms with E-state index in [0.717, 1.165) is 17.4 Å². The molecule has 0 spiro atoms. The molecule has 3 nitrogen and oxygen atoms in total. The van der Waals surface area contributed by atoms with Crippen LogP contribution in [0.25, 0.3) is 0 Å². The molecule has 0 unspecified atom stereocenters. The van der Waals surface area contributed by atoms with E-state index in [2.05, 4.69) is 15.9 Å². The summed E-state index contributed by atoms with van der Waals surface area (Å²) in [6.07, 6.45) is 0.871. The van der Waals surface area contributed by atoms with Crippen LogP contribution in [0.1, 0.15) is 16.8 Å². The van der Waals surface area contributed by atoms with E-state index in [9.17, 15) is 4.79 Å². The van der Waals surface area contributed by atoms with Gasteiger partial charge in [-0.3, -0.25) is 4.79 Å². The van der Waals surface area contributed by atoms with Crippen LogP contribution in [-0.4, -0.2) is 29.9 Å². The molecule has 2 rings (SSSR count). The van der Waals surface area contributed by atoms with Crippen molar-refractivity contribution < 1.29 is 4.79 Å². The van der Waals surface area contributed by atoms with Crippen molar-refractivity contribution >= 4 is 33.4 Å². The van der Waals surface area contributed by atoms with Gasteiger partial charge in [0.25, 0.3) is 5.91 Å². The maximum atomic E-state index is 12.1. The molecule has 86 valence electrons. The molecule has 1 atom stereocenters. The van der Waals surface area contributed by atoms with Gasteiger partial charge < -0.3 is 10.6 Å². The Kier molecular flexibility index (Phi) is 3.52. The summed E-state index contributed by atoms with van der Waals surface area (Å²) >= 11 is 9.25. The number of benzene rings is 1. The SMILES string of the molecule is N[C@H]1CCN(C(=O)c2ccc(Br)c(Cl)c2)C1. The molecule has 16 heavy (non-hydrogen) atoms. The van der Waals surface area contributed by atoms with E-state index in [4.69, 9.17) is 17.3 Å². The minimum absolute atomic E-state index is 0.00218. The van der Waals surface area contributed by atoms with Crippen LogP contribution < -0.4 is 5.73 Å². The number of hydrogen-bond acceptors (Lipinski definition) is 2. The summed E-state index contributed by atoms with van der Waals surface area (Å²) in [7, 11) is 0. The van der Waals surface area contributed by atoms with E-state index in [0.29, 0.717) is 17.1 Å². The molecule has 0 aliphatic carbocycles. The third kappa shape index (κ3) is 2.39. The van der Waals surface area contributed by atoms with Crippen LogP contribution in [0.2, 0.25) is 5.02 Å². The first-order valence-corrected chi connectivity index (χ1v) is 6.25. The molecule has 2 N–H and O–H groups in total. The van der Waals surface area contributed by atoms with E-state index >= 15 is 0 Å². The monoisotopic (exact) mass is 302 g/mol. The van der Waals surface area contributed by atoms with Gasteiger partial charge in [-0.1, -0.05) is 11.6 Å². The van der Waals surface area contributed by atoms with Gasteiger partial charge in [-0.15, -0.1) is 0 Å². The van der Waals surface area contributed by atoms with E-state index in [1.807, 2.05) is 0 Å². The van der Waals surface area contributed by atoms with Gasteiger partial charge in [-0.2, -0.15) is 0 Å². The number of halogens is 2. The molecule has 0 aromatic heterocycles. The quantitative estimate of drug-likeness (QED) is 0.865. The number of amides is 1. The first-order valence-electron chi connectivity index (χ1n) is 5.08. The van der Waals surface area contributed by atoms with Gasteiger partial charge >= 0.3 is 0 Å². The summed E-state index contributed by atoms with van der Waals surface area (Å²) in [4.78, 5) is 13.8. The summed E-state index contributed by atoms with van der Waals surface area (Å²) in [5.74, 6) is 0.00218. The number of carbonyl (C=O) groups is 1. The highest BCUT2D eigenvalue weighted by Crippen LogP contribution is 2.24. The Morgan fingerprint density at radius 3 is 2.88 bits per heavy atom. The molecular formula is C11H12BrClN2O. The standard InChI is InChI=1S/C11H12BrClN2O/c12-9-2-1-7(5-10(9)13)11(16)15-4-3-8(14)6-15/h1-2,5,8H,3-4,6,14H2/t8-/m0/s1. The van der Waals surface area contributed by atoms with Gasteiger partial charge in [0.1, 0.15) is 0 Å². The second kappa shape index (κ2) is 4.73. The lowest BCUT2D eigenvalue weighted by molar-refractivity contribution is 0.0791. The Labute approximate surface area is 108 Å². The lowest BCUT2D eigenvalue weighted by Gasteiger charge is -2.15. The van der Waals surface area contributed by atoms with E-state index < -0.39 is 0 Å². The van der Waals surface area contributed by atoms with Gasteiger partial charge in [-0.25, -0.2) is 0 Å². The zero-order chi connectivity index (χ0) is 11.7. The molecule has 0 radical (unpaired) electrons. The lowest BCUT2D eigenvalue weighted by atomic mass is 10.2. The summed E-state index contributed by atoms with van der Waals surface area (Å²) in [5.41, 5.74) is 6.38. The van der Waals surface area contributed by atoms with Crippen LogP contribution >= 0.6 is 27.5 Å². The maximum absolute atomic E-state index is 12.1. The van der Waals surface area contributed by atoms with Crippen LogP contribution in [0.5, 0.6) is 0 Å². The molecule has 1 amide bonds. The van der Waals surface area contributed by atoms with Gasteiger partial charge in [0.15, 0.2) is 0 Å². The number of carbonyl (C=O) groups excluding carboxylic acids is 1. The van der Waals surface area contributed by atoms with Gasteiger partial charge in [0, 0.05) is 29.2 Å². The summed E-state index contributed by atoms with van der Waals surface area (Å²) in [5, 5.41) is 0.550. The molecule has 1 saturated heterocycles. The van der Waals surface area contributed by atoms with Gasteiger partial charge in [-0.05, 0) is 40.5 Å². The van der Waals surface area contributed by atoms with Crippen molar-refractivity contribution in [2.24, 2.45) is 5.73 Å². The third-order valence-electron chi connectivity index (χ3n) is 2.68. The minimum Gasteiger partial charge on any atom is -0.337 e. The van der Waals surface area contributed by atoms with Crippen LogP contribution in [0.3, 0.4) is 0 Å². The van der Waals surface area contributed by atoms with Crippen molar-refractivity contribution in [3.8, 4) is 0 Å². The zero-order valence-electron chi connectivity index (χ0n) is 8.62. The summed E-state index contributed by atoms with van der Waals surface area (Å²) in [6, 6.07) is 5.33. The van der Waals surface area contributed by atoms with Crippen LogP contribution in [0.4, 0.5) is 0 Å². The number of hydrogen-bond donors (Lipinski definition) is 1. The van der Waals surface area contributed by atoms with E-state index in [1.165, 1.54) is 0 Å². The van der Waals surface area contributed by atoms with Crippen LogP contribution in [-0.2, 0) is 0 Å². The molecule has 0 saturated carbocycles. The number of likely N-dealkylation sites (tertiary alicyclic amines) is 1. The third-order valence-corrected chi connectivity index (χ3v) is 3.91. The molecule has 0 bridgehead atoms. The average molecular weight is 304 g/mol. The van der Waals surface area contributed by atoms with Crippen molar-refractivity contribution in [2.75, 3.05) is 13.1 Å². The second-order valence-corrected chi connectivity index (χ2v) is 5.19. The molecule has 1 fully saturated rings. The van der Waals surface area contributed by atoms with Crippen molar-refractivity contribution in [1.29, 1.82) is 0 Å². The number of nitrogens with two attached hydrogens (primary N) is 1. The predicted octanol–water partition coefficient (Wildman–Crippen LogP) is 2.28. The second-order valence-electron chi connectivity index (χ2n) is 3.93. The molecule has 1 aromatic carbocycles. The number of rotatable bonds is 1. The van der Waals surface area contributed by atoms with Gasteiger partial charge in [0.2, 0.25) is 0 Å². The highest BCUT2D eigenvalue weighted by Gasteiger charge is 2.24. The number of nitrogens with zero attached hydrogens (tertiary/aromatic N) is 1. The zero-order valence-corrected chi connectivity index (χ0v) is 11.0. The Balaban J connectivity index is 2.18. The molecule has 1 aliphatic rings. The van der Waals surface area contributed by atoms with Crippen LogP contribution in [0, 0.1) is 0 Å². The molecule has 1 aliphatic heterocycles. The smallest absolute Gasteiger partial charge is 0.253 e. The Bertz CT molecular complexity index is 424. The van der Waals surface area contributed by atoms with Crippen LogP contribution in [0.15, 0.2) is 22.7 Å². The Morgan fingerprint density at radius 2 is 2.31 bits per heavy atom. The van der Waals surface area contributed by atoms with E-state index in [1.54, 1.807) is 23.1 Å². The summed E-state index contributed by atoms with van der Waals surface area (Å²) < 4.78 is 0.795. The maximum Gasteiger partial charge on any atom is 0.253 e. The largest absolute Gasteiger partial charge is 0.337 e. The normalized spacial score (nSPS) is 20.2. The Morgan fingerprint density at radius 1 is 1.56 bits per heavy atom. The Hall–Kier alpha value is -0.580. The first-order chi connectivity index (χ1) is 7.58. The molecule has 5 heteroatoms. The van der Waals surface area contributed by atoms with Crippen molar-refractivity contribution in [3.63, 3.8) is 0 Å². The van der Waals surface area contributed by atoms with Crippen molar-refractivity contribution in [1.82, 2.24) is 4.90 Å². The predicted molar refractivity (Wildman–Crippen MR) is 67.6 cm³/mol. The average Bonchev–Trinajstić information content (AvgIpc) is 2.68. The van der Waals surface area contributed by atoms with Crippen molar-refractivity contribution in [3.05, 3.63) is 33.3 Å². The lowest BCUT2D eigenvalue weighted by Crippen LogP contribution is -2.31.